The number of nitrogens with zero attached hydrogens (tertiary/aromatic N) is 4. The Morgan fingerprint density at radius 1 is 1.27 bits per heavy atom. The van der Waals surface area contributed by atoms with Crippen molar-refractivity contribution < 1.29 is 9.72 Å². The number of nitro groups is 1. The number of carbonyl (C=O) groups is 1. The molecule has 0 unspecified atom stereocenters. The molecule has 7 nitrogen and oxygen atoms in total. The van der Waals surface area contributed by atoms with Crippen LogP contribution in [0.4, 0.5) is 5.69 Å². The van der Waals surface area contributed by atoms with Crippen LogP contribution >= 0.6 is 0 Å². The predicted octanol–water partition coefficient (Wildman–Crippen LogP) is 3.74. The van der Waals surface area contributed by atoms with Crippen LogP contribution in [0.3, 0.4) is 0 Å². The minimum Gasteiger partial charge on any atom is -0.294 e. The molecule has 3 atom stereocenters. The fraction of sp³-hybridized carbons (Fsp3) is 0.261. The first-order chi connectivity index (χ1) is 14.4. The Morgan fingerprint density at radius 3 is 2.50 bits per heavy atom. The summed E-state index contributed by atoms with van der Waals surface area (Å²) in [6, 6.07) is 16.3. The summed E-state index contributed by atoms with van der Waals surface area (Å²) in [6.45, 7) is 5.57. The van der Waals surface area contributed by atoms with E-state index in [1.807, 2.05) is 19.1 Å². The number of hydrogen-bond donors (Lipinski definition) is 0. The maximum atomic E-state index is 13.6. The molecule has 1 saturated carbocycles. The highest BCUT2D eigenvalue weighted by atomic mass is 16.6. The van der Waals surface area contributed by atoms with E-state index in [4.69, 9.17) is 0 Å². The fourth-order valence-corrected chi connectivity index (χ4v) is 5.06. The molecular weight excluding hydrogens is 380 g/mol. The molecule has 1 fully saturated rings. The highest BCUT2D eigenvalue weighted by molar-refractivity contribution is 6.08. The lowest BCUT2D eigenvalue weighted by atomic mass is 9.77. The van der Waals surface area contributed by atoms with Gasteiger partial charge in [-0.25, -0.2) is 0 Å². The Bertz CT molecular complexity index is 1150. The Morgan fingerprint density at radius 2 is 1.93 bits per heavy atom. The number of aryl methyl sites for hydroxylation is 1. The van der Waals surface area contributed by atoms with Gasteiger partial charge in [-0.3, -0.25) is 19.8 Å². The topological polar surface area (TPSA) is 111 Å². The van der Waals surface area contributed by atoms with Crippen LogP contribution in [-0.2, 0) is 5.54 Å². The zero-order valence-electron chi connectivity index (χ0n) is 16.3. The second-order valence-electron chi connectivity index (χ2n) is 7.79. The van der Waals surface area contributed by atoms with Crippen LogP contribution in [0.25, 0.3) is 0 Å². The molecule has 1 aliphatic carbocycles. The Labute approximate surface area is 173 Å². The van der Waals surface area contributed by atoms with Crippen LogP contribution in [0.2, 0.25) is 0 Å². The van der Waals surface area contributed by atoms with Gasteiger partial charge in [-0.15, -0.1) is 6.58 Å². The number of benzene rings is 2. The average Bonchev–Trinajstić information content (AvgIpc) is 3.23. The van der Waals surface area contributed by atoms with Crippen LogP contribution < -0.4 is 4.90 Å². The first-order valence-electron chi connectivity index (χ1n) is 9.46. The van der Waals surface area contributed by atoms with Gasteiger partial charge in [0.2, 0.25) is 0 Å². The van der Waals surface area contributed by atoms with Gasteiger partial charge in [-0.05, 0) is 37.6 Å². The molecule has 1 amide bonds. The molecule has 148 valence electrons. The van der Waals surface area contributed by atoms with Gasteiger partial charge in [0.25, 0.3) is 11.4 Å². The standard InChI is InChI=1S/C23H18N4O3/c1-3-17-12-22(13-24,14-25)21-23(17,27(29)30)18-11-15(2)9-10-19(18)26(21)20(28)16-7-5-4-6-8-16/h3-11,17,21H,1,12H2,2H3/t17-,21-,23+/m1/s1. The summed E-state index contributed by atoms with van der Waals surface area (Å²) in [6.07, 6.45) is 1.37. The van der Waals surface area contributed by atoms with Gasteiger partial charge in [0.1, 0.15) is 6.04 Å². The second kappa shape index (κ2) is 6.53. The van der Waals surface area contributed by atoms with Gasteiger partial charge in [0, 0.05) is 10.5 Å². The van der Waals surface area contributed by atoms with E-state index in [2.05, 4.69) is 6.58 Å². The Hall–Kier alpha value is -3.97. The van der Waals surface area contributed by atoms with Crippen molar-refractivity contribution in [3.63, 3.8) is 0 Å². The summed E-state index contributed by atoms with van der Waals surface area (Å²) in [5, 5.41) is 32.7. The van der Waals surface area contributed by atoms with E-state index in [-0.39, 0.29) is 6.42 Å². The summed E-state index contributed by atoms with van der Waals surface area (Å²) in [5.41, 5.74) is -1.74. The zero-order valence-corrected chi connectivity index (χ0v) is 16.3. The van der Waals surface area contributed by atoms with Crippen LogP contribution in [0, 0.1) is 51.0 Å². The maximum Gasteiger partial charge on any atom is 0.278 e. The minimum absolute atomic E-state index is 0.0684. The largest absolute Gasteiger partial charge is 0.294 e. The number of fused-ring (bicyclic) bond motifs is 3. The number of amides is 1. The van der Waals surface area contributed by atoms with Crippen molar-refractivity contribution in [2.45, 2.75) is 24.9 Å². The molecule has 2 aliphatic rings. The zero-order chi connectivity index (χ0) is 21.7. The molecule has 1 heterocycles. The van der Waals surface area contributed by atoms with Gasteiger partial charge < -0.3 is 0 Å². The fourth-order valence-electron chi connectivity index (χ4n) is 5.06. The first-order valence-corrected chi connectivity index (χ1v) is 9.46. The van der Waals surface area contributed by atoms with Crippen molar-refractivity contribution >= 4 is 11.6 Å². The SMILES string of the molecule is C=C[C@@H]1CC(C#N)(C#N)[C@H]2N(C(=O)c3ccccc3)c3ccc(C)cc3[C@@]12[N+](=O)[O-]. The third-order valence-corrected chi connectivity index (χ3v) is 6.32. The highest BCUT2D eigenvalue weighted by Crippen LogP contribution is 2.63. The summed E-state index contributed by atoms with van der Waals surface area (Å²) < 4.78 is 0. The lowest BCUT2D eigenvalue weighted by Gasteiger charge is -2.32. The lowest BCUT2D eigenvalue weighted by Crippen LogP contribution is -2.55. The van der Waals surface area contributed by atoms with E-state index in [9.17, 15) is 25.4 Å². The molecule has 0 spiro atoms. The normalized spacial score (nSPS) is 25.5. The Kier molecular flexibility index (Phi) is 4.22. The molecule has 0 radical (unpaired) electrons. The van der Waals surface area contributed by atoms with Crippen molar-refractivity contribution in [3.05, 3.63) is 88.0 Å². The van der Waals surface area contributed by atoms with Crippen molar-refractivity contribution in [3.8, 4) is 12.1 Å². The van der Waals surface area contributed by atoms with Crippen molar-refractivity contribution in [2.24, 2.45) is 11.3 Å². The minimum atomic E-state index is -1.82. The molecule has 0 saturated heterocycles. The van der Waals surface area contributed by atoms with E-state index < -0.39 is 33.7 Å². The molecule has 1 aliphatic heterocycles. The molecule has 0 aromatic heterocycles. The highest BCUT2D eigenvalue weighted by Gasteiger charge is 2.77. The van der Waals surface area contributed by atoms with Gasteiger partial charge >= 0.3 is 0 Å². The van der Waals surface area contributed by atoms with Crippen LogP contribution in [-0.4, -0.2) is 16.9 Å². The molecule has 2 aromatic rings. The van der Waals surface area contributed by atoms with E-state index in [0.717, 1.165) is 5.56 Å². The summed E-state index contributed by atoms with van der Waals surface area (Å²) in [7, 11) is 0. The average molecular weight is 398 g/mol. The van der Waals surface area contributed by atoms with E-state index in [0.29, 0.717) is 16.8 Å². The summed E-state index contributed by atoms with van der Waals surface area (Å²) in [5.74, 6) is -1.26. The smallest absolute Gasteiger partial charge is 0.278 e. The van der Waals surface area contributed by atoms with Crippen molar-refractivity contribution in [1.82, 2.24) is 0 Å². The number of nitriles is 2. The Balaban J connectivity index is 2.09. The molecule has 7 heteroatoms. The van der Waals surface area contributed by atoms with E-state index in [1.54, 1.807) is 48.5 Å². The molecular formula is C23H18N4O3. The van der Waals surface area contributed by atoms with Crippen molar-refractivity contribution in [2.75, 3.05) is 4.90 Å². The van der Waals surface area contributed by atoms with Crippen LogP contribution in [0.15, 0.2) is 61.2 Å². The lowest BCUT2D eigenvalue weighted by molar-refractivity contribution is -0.585. The quantitative estimate of drug-likeness (QED) is 0.444. The predicted molar refractivity (Wildman–Crippen MR) is 109 cm³/mol. The molecule has 30 heavy (non-hydrogen) atoms. The summed E-state index contributed by atoms with van der Waals surface area (Å²) in [4.78, 5) is 27.1. The molecule has 0 N–H and O–H groups in total. The molecule has 0 bridgehead atoms. The monoisotopic (exact) mass is 398 g/mol. The van der Waals surface area contributed by atoms with Crippen LogP contribution in [0.5, 0.6) is 0 Å². The number of carbonyl (C=O) groups excluding carboxylic acids is 1. The number of hydrogen-bond acceptors (Lipinski definition) is 5. The third-order valence-electron chi connectivity index (χ3n) is 6.32. The van der Waals surface area contributed by atoms with Crippen LogP contribution in [0.1, 0.15) is 27.9 Å². The van der Waals surface area contributed by atoms with E-state index >= 15 is 0 Å². The van der Waals surface area contributed by atoms with E-state index in [1.165, 1.54) is 11.0 Å². The first kappa shape index (κ1) is 19.4. The van der Waals surface area contributed by atoms with Gasteiger partial charge in [-0.1, -0.05) is 35.9 Å². The van der Waals surface area contributed by atoms with Crippen molar-refractivity contribution in [1.29, 1.82) is 10.5 Å². The number of rotatable bonds is 3. The second-order valence-corrected chi connectivity index (χ2v) is 7.79. The van der Waals surface area contributed by atoms with Gasteiger partial charge in [0.15, 0.2) is 5.41 Å². The maximum absolute atomic E-state index is 13.6. The molecule has 4 rings (SSSR count). The molecule has 2 aromatic carbocycles. The third kappa shape index (κ3) is 2.20. The summed E-state index contributed by atoms with van der Waals surface area (Å²) >= 11 is 0. The van der Waals surface area contributed by atoms with Gasteiger partial charge in [-0.2, -0.15) is 10.5 Å². The van der Waals surface area contributed by atoms with Gasteiger partial charge in [0.05, 0.1) is 29.3 Å². The number of anilines is 1.